The number of carbonyl (C=O) groups is 1. The molecule has 0 saturated heterocycles. The molecule has 25 heavy (non-hydrogen) atoms. The van der Waals surface area contributed by atoms with Crippen molar-refractivity contribution in [3.63, 3.8) is 0 Å². The highest BCUT2D eigenvalue weighted by Gasteiger charge is 2.11. The number of nitrogens with zero attached hydrogens (tertiary/aromatic N) is 2. The van der Waals surface area contributed by atoms with Gasteiger partial charge in [0.15, 0.2) is 0 Å². The fourth-order valence-electron chi connectivity index (χ4n) is 2.35. The predicted molar refractivity (Wildman–Crippen MR) is 95.6 cm³/mol. The molecule has 0 aliphatic rings. The number of rotatable bonds is 4. The molecule has 0 unspecified atom stereocenters. The Kier molecular flexibility index (Phi) is 4.70. The van der Waals surface area contributed by atoms with Gasteiger partial charge in [0.1, 0.15) is 17.3 Å². The summed E-state index contributed by atoms with van der Waals surface area (Å²) in [6.07, 6.45) is 2.82. The van der Waals surface area contributed by atoms with Gasteiger partial charge in [0.05, 0.1) is 18.1 Å². The number of carbonyl (C=O) groups excluding carboxylic acids is 1. The molecule has 0 fully saturated rings. The van der Waals surface area contributed by atoms with Crippen LogP contribution in [-0.4, -0.2) is 15.9 Å². The van der Waals surface area contributed by atoms with Gasteiger partial charge in [-0.1, -0.05) is 29.8 Å². The first-order valence-electron chi connectivity index (χ1n) is 7.75. The van der Waals surface area contributed by atoms with Crippen LogP contribution in [0.15, 0.2) is 54.9 Å². The van der Waals surface area contributed by atoms with E-state index in [9.17, 15) is 9.18 Å². The van der Waals surface area contributed by atoms with Crippen LogP contribution in [0.25, 0.3) is 0 Å². The Hall–Kier alpha value is -3.28. The number of hydrogen-bond acceptors (Lipinski definition) is 4. The Labute approximate surface area is 145 Å². The van der Waals surface area contributed by atoms with Gasteiger partial charge in [-0.3, -0.25) is 4.79 Å². The van der Waals surface area contributed by atoms with Crippen LogP contribution in [0.2, 0.25) is 0 Å². The molecule has 3 rings (SSSR count). The molecular weight excluding hydrogens is 319 g/mol. The number of para-hydroxylation sites is 1. The van der Waals surface area contributed by atoms with Crippen molar-refractivity contribution in [1.82, 2.24) is 9.97 Å². The normalized spacial score (nSPS) is 10.4. The van der Waals surface area contributed by atoms with Gasteiger partial charge in [-0.25, -0.2) is 14.4 Å². The van der Waals surface area contributed by atoms with E-state index in [0.29, 0.717) is 5.82 Å². The van der Waals surface area contributed by atoms with Crippen LogP contribution in [0.5, 0.6) is 0 Å². The minimum absolute atomic E-state index is 0.104. The molecule has 0 radical (unpaired) electrons. The van der Waals surface area contributed by atoms with Crippen LogP contribution < -0.4 is 10.6 Å². The Bertz CT molecular complexity index is 910. The number of benzene rings is 2. The molecule has 1 heterocycles. The predicted octanol–water partition coefficient (Wildman–Crippen LogP) is 4.23. The van der Waals surface area contributed by atoms with Gasteiger partial charge in [-0.15, -0.1) is 0 Å². The van der Waals surface area contributed by atoms with Crippen LogP contribution in [0.4, 0.5) is 21.6 Å². The molecule has 0 aliphatic carbocycles. The summed E-state index contributed by atoms with van der Waals surface area (Å²) in [5.41, 5.74) is 3.39. The van der Waals surface area contributed by atoms with Crippen LogP contribution in [0.1, 0.15) is 21.6 Å². The molecule has 6 heteroatoms. The number of anilines is 3. The summed E-state index contributed by atoms with van der Waals surface area (Å²) in [5, 5.41) is 5.63. The third-order valence-electron chi connectivity index (χ3n) is 3.65. The molecule has 0 atom stereocenters. The van der Waals surface area contributed by atoms with Crippen molar-refractivity contribution < 1.29 is 9.18 Å². The van der Waals surface area contributed by atoms with Crippen molar-refractivity contribution in [1.29, 1.82) is 0 Å². The van der Waals surface area contributed by atoms with Gasteiger partial charge < -0.3 is 10.6 Å². The van der Waals surface area contributed by atoms with Crippen molar-refractivity contribution in [3.05, 3.63) is 77.5 Å². The maximum atomic E-state index is 13.6. The number of aryl methyl sites for hydroxylation is 2. The first-order chi connectivity index (χ1) is 12.0. The number of hydrogen-bond donors (Lipinski definition) is 2. The van der Waals surface area contributed by atoms with Gasteiger partial charge in [0.25, 0.3) is 5.91 Å². The molecule has 1 amide bonds. The molecule has 126 valence electrons. The smallest absolute Gasteiger partial charge is 0.275 e. The quantitative estimate of drug-likeness (QED) is 0.748. The van der Waals surface area contributed by atoms with Crippen LogP contribution in [-0.2, 0) is 0 Å². The van der Waals surface area contributed by atoms with E-state index in [1.54, 1.807) is 12.1 Å². The Balaban J connectivity index is 1.71. The maximum absolute atomic E-state index is 13.6. The lowest BCUT2D eigenvalue weighted by molar-refractivity contribution is 0.102. The van der Waals surface area contributed by atoms with Crippen molar-refractivity contribution in [2.75, 3.05) is 10.6 Å². The lowest BCUT2D eigenvalue weighted by Gasteiger charge is -2.10. The Morgan fingerprint density at radius 3 is 2.48 bits per heavy atom. The van der Waals surface area contributed by atoms with Crippen molar-refractivity contribution in [2.24, 2.45) is 0 Å². The van der Waals surface area contributed by atoms with Crippen molar-refractivity contribution in [3.8, 4) is 0 Å². The molecule has 3 aromatic rings. The fraction of sp³-hybridized carbons (Fsp3) is 0.105. The summed E-state index contributed by atoms with van der Waals surface area (Å²) in [6, 6.07) is 12.0. The minimum Gasteiger partial charge on any atom is -0.339 e. The Morgan fingerprint density at radius 2 is 1.80 bits per heavy atom. The minimum atomic E-state index is -0.518. The topological polar surface area (TPSA) is 66.9 Å². The maximum Gasteiger partial charge on any atom is 0.275 e. The summed E-state index contributed by atoms with van der Waals surface area (Å²) in [4.78, 5) is 20.4. The first-order valence-corrected chi connectivity index (χ1v) is 7.75. The number of nitrogens with one attached hydrogen (secondary N) is 2. The summed E-state index contributed by atoms with van der Waals surface area (Å²) < 4.78 is 13.6. The molecular formula is C19H17FN4O. The summed E-state index contributed by atoms with van der Waals surface area (Å²) in [7, 11) is 0. The second kappa shape index (κ2) is 7.09. The van der Waals surface area contributed by atoms with E-state index in [0.717, 1.165) is 11.3 Å². The summed E-state index contributed by atoms with van der Waals surface area (Å²) >= 11 is 0. The van der Waals surface area contributed by atoms with E-state index in [2.05, 4.69) is 26.7 Å². The zero-order valence-corrected chi connectivity index (χ0v) is 13.9. The number of amides is 1. The Morgan fingerprint density at radius 1 is 1.00 bits per heavy atom. The van der Waals surface area contributed by atoms with E-state index in [1.807, 2.05) is 26.0 Å². The number of halogens is 1. The van der Waals surface area contributed by atoms with Crippen molar-refractivity contribution >= 4 is 23.1 Å². The highest BCUT2D eigenvalue weighted by atomic mass is 19.1. The first kappa shape index (κ1) is 16.6. The molecule has 0 bridgehead atoms. The average molecular weight is 336 g/mol. The molecule has 0 saturated carbocycles. The van der Waals surface area contributed by atoms with Crippen molar-refractivity contribution in [2.45, 2.75) is 13.8 Å². The van der Waals surface area contributed by atoms with Gasteiger partial charge in [-0.05, 0) is 37.6 Å². The van der Waals surface area contributed by atoms with Gasteiger partial charge in [0, 0.05) is 5.69 Å². The third-order valence-corrected chi connectivity index (χ3v) is 3.65. The average Bonchev–Trinajstić information content (AvgIpc) is 2.60. The third kappa shape index (κ3) is 3.98. The van der Waals surface area contributed by atoms with E-state index in [4.69, 9.17) is 0 Å². The van der Waals surface area contributed by atoms with Gasteiger partial charge >= 0.3 is 0 Å². The molecule has 5 nitrogen and oxygen atoms in total. The molecule has 0 spiro atoms. The number of aromatic nitrogens is 2. The van der Waals surface area contributed by atoms with E-state index >= 15 is 0 Å². The largest absolute Gasteiger partial charge is 0.339 e. The second-order valence-corrected chi connectivity index (χ2v) is 5.66. The zero-order chi connectivity index (χ0) is 17.8. The van der Waals surface area contributed by atoms with E-state index < -0.39 is 11.7 Å². The van der Waals surface area contributed by atoms with Crippen LogP contribution in [0.3, 0.4) is 0 Å². The standard InChI is InChI=1S/C19H17FN4O/c1-12-7-8-15(13(2)9-12)23-18-11-21-17(10-22-18)19(25)24-16-6-4-3-5-14(16)20/h3-11H,1-2H3,(H,22,23)(H,24,25). The van der Waals surface area contributed by atoms with Crippen LogP contribution in [0, 0.1) is 19.7 Å². The molecule has 2 N–H and O–H groups in total. The van der Waals surface area contributed by atoms with E-state index in [-0.39, 0.29) is 11.4 Å². The van der Waals surface area contributed by atoms with Gasteiger partial charge in [0.2, 0.25) is 0 Å². The molecule has 1 aromatic heterocycles. The van der Waals surface area contributed by atoms with E-state index in [1.165, 1.54) is 30.1 Å². The molecule has 2 aromatic carbocycles. The second-order valence-electron chi connectivity index (χ2n) is 5.66. The lowest BCUT2D eigenvalue weighted by atomic mass is 10.1. The molecule has 0 aliphatic heterocycles. The SMILES string of the molecule is Cc1ccc(Nc2cnc(C(=O)Nc3ccccc3F)cn2)c(C)c1. The zero-order valence-electron chi connectivity index (χ0n) is 13.9. The summed E-state index contributed by atoms with van der Waals surface area (Å²) in [5.74, 6) is -0.498. The highest BCUT2D eigenvalue weighted by Crippen LogP contribution is 2.20. The fourth-order valence-corrected chi connectivity index (χ4v) is 2.35. The lowest BCUT2D eigenvalue weighted by Crippen LogP contribution is -2.15. The summed E-state index contributed by atoms with van der Waals surface area (Å²) in [6.45, 7) is 4.03. The van der Waals surface area contributed by atoms with Gasteiger partial charge in [-0.2, -0.15) is 0 Å². The van der Waals surface area contributed by atoms with Crippen LogP contribution >= 0.6 is 0 Å². The highest BCUT2D eigenvalue weighted by molar-refractivity contribution is 6.02. The monoisotopic (exact) mass is 336 g/mol.